The molecule has 1 heterocycles. The molecule has 0 saturated heterocycles. The fourth-order valence-electron chi connectivity index (χ4n) is 3.66. The van der Waals surface area contributed by atoms with Crippen LogP contribution in [-0.4, -0.2) is 18.4 Å². The lowest BCUT2D eigenvalue weighted by molar-refractivity contribution is 0.363. The number of nitrogens with one attached hydrogen (secondary N) is 1. The Bertz CT molecular complexity index is 494. The average Bonchev–Trinajstić information content (AvgIpc) is 2.95. The van der Waals surface area contributed by atoms with Crippen molar-refractivity contribution < 1.29 is 0 Å². The molecule has 0 amide bonds. The highest BCUT2D eigenvalue weighted by Crippen LogP contribution is 2.34. The lowest BCUT2D eigenvalue weighted by Gasteiger charge is -2.34. The van der Waals surface area contributed by atoms with Crippen molar-refractivity contribution in [2.45, 2.75) is 44.1 Å². The summed E-state index contributed by atoms with van der Waals surface area (Å²) in [7, 11) is 0. The molecule has 1 aliphatic heterocycles. The van der Waals surface area contributed by atoms with Gasteiger partial charge < -0.3 is 5.32 Å². The normalized spacial score (nSPS) is 29.2. The lowest BCUT2D eigenvalue weighted by Crippen LogP contribution is -2.47. The topological polar surface area (TPSA) is 24.4 Å². The van der Waals surface area contributed by atoms with Gasteiger partial charge in [0.1, 0.15) is 0 Å². The molecule has 2 aliphatic carbocycles. The SMILES string of the molecule is C1=NCC2(CCc3cc4c(cc3C2)CCC4)N1. The van der Waals surface area contributed by atoms with Crippen LogP contribution in [0.1, 0.15) is 35.1 Å². The molecule has 88 valence electrons. The molecule has 0 fully saturated rings. The molecule has 0 radical (unpaired) electrons. The minimum absolute atomic E-state index is 0.250. The highest BCUT2D eigenvalue weighted by Gasteiger charge is 2.36. The summed E-state index contributed by atoms with van der Waals surface area (Å²) in [4.78, 5) is 4.37. The second kappa shape index (κ2) is 3.34. The Hall–Kier alpha value is -1.31. The highest BCUT2D eigenvalue weighted by molar-refractivity contribution is 5.60. The van der Waals surface area contributed by atoms with Crippen molar-refractivity contribution in [2.75, 3.05) is 6.54 Å². The van der Waals surface area contributed by atoms with Gasteiger partial charge >= 0.3 is 0 Å². The number of fused-ring (bicyclic) bond motifs is 2. The Labute approximate surface area is 102 Å². The maximum absolute atomic E-state index is 4.37. The van der Waals surface area contributed by atoms with Crippen molar-refractivity contribution in [1.29, 1.82) is 0 Å². The molecule has 4 rings (SSSR count). The first-order chi connectivity index (χ1) is 8.35. The Balaban J connectivity index is 1.73. The zero-order chi connectivity index (χ0) is 11.3. The average molecular weight is 226 g/mol. The number of benzene rings is 1. The minimum atomic E-state index is 0.250. The van der Waals surface area contributed by atoms with Gasteiger partial charge in [0.05, 0.1) is 18.4 Å². The first-order valence-corrected chi connectivity index (χ1v) is 6.74. The van der Waals surface area contributed by atoms with Crippen molar-refractivity contribution in [3.05, 3.63) is 34.4 Å². The Morgan fingerprint density at radius 2 is 1.76 bits per heavy atom. The van der Waals surface area contributed by atoms with Gasteiger partial charge in [0.2, 0.25) is 0 Å². The third-order valence-electron chi connectivity index (χ3n) is 4.67. The molecule has 2 heteroatoms. The standard InChI is InChI=1S/C15H18N2/c1-2-11-6-13-4-5-15(9-16-10-17-15)8-14(13)7-12(11)3-1/h6-7,10H,1-5,8-9H2,(H,16,17). The van der Waals surface area contributed by atoms with Crippen molar-refractivity contribution in [3.8, 4) is 0 Å². The van der Waals surface area contributed by atoms with E-state index in [1.54, 1.807) is 22.3 Å². The van der Waals surface area contributed by atoms with Crippen molar-refractivity contribution in [3.63, 3.8) is 0 Å². The molecule has 1 spiro atoms. The highest BCUT2D eigenvalue weighted by atomic mass is 15.1. The van der Waals surface area contributed by atoms with Gasteiger partial charge in [0, 0.05) is 0 Å². The fourth-order valence-corrected chi connectivity index (χ4v) is 3.66. The van der Waals surface area contributed by atoms with Crippen molar-refractivity contribution in [2.24, 2.45) is 4.99 Å². The molecule has 3 aliphatic rings. The number of hydrogen-bond donors (Lipinski definition) is 1. The van der Waals surface area contributed by atoms with Gasteiger partial charge in [-0.2, -0.15) is 0 Å². The maximum Gasteiger partial charge on any atom is 0.0829 e. The molecular weight excluding hydrogens is 208 g/mol. The first-order valence-electron chi connectivity index (χ1n) is 6.74. The third-order valence-corrected chi connectivity index (χ3v) is 4.67. The molecule has 2 nitrogen and oxygen atoms in total. The van der Waals surface area contributed by atoms with Crippen molar-refractivity contribution >= 4 is 6.34 Å². The third kappa shape index (κ3) is 1.43. The summed E-state index contributed by atoms with van der Waals surface area (Å²) >= 11 is 0. The molecule has 0 bridgehead atoms. The van der Waals surface area contributed by atoms with Crippen LogP contribution in [0.2, 0.25) is 0 Å². The second-order valence-electron chi connectivity index (χ2n) is 5.81. The summed E-state index contributed by atoms with van der Waals surface area (Å²) < 4.78 is 0. The van der Waals surface area contributed by atoms with Gasteiger partial charge in [-0.05, 0) is 60.8 Å². The maximum atomic E-state index is 4.37. The Kier molecular flexibility index (Phi) is 1.91. The van der Waals surface area contributed by atoms with Crippen LogP contribution in [0, 0.1) is 0 Å². The first kappa shape index (κ1) is 9.69. The van der Waals surface area contributed by atoms with Gasteiger partial charge in [-0.3, -0.25) is 4.99 Å². The van der Waals surface area contributed by atoms with Gasteiger partial charge in [-0.15, -0.1) is 0 Å². The Morgan fingerprint density at radius 3 is 2.53 bits per heavy atom. The summed E-state index contributed by atoms with van der Waals surface area (Å²) in [6.45, 7) is 0.962. The molecule has 1 atom stereocenters. The number of aryl methyl sites for hydroxylation is 3. The van der Waals surface area contributed by atoms with Crippen LogP contribution in [0.25, 0.3) is 0 Å². The van der Waals surface area contributed by atoms with E-state index in [9.17, 15) is 0 Å². The van der Waals surface area contributed by atoms with E-state index >= 15 is 0 Å². The van der Waals surface area contributed by atoms with Crippen LogP contribution in [0.4, 0.5) is 0 Å². The lowest BCUT2D eigenvalue weighted by atomic mass is 9.77. The molecule has 1 aromatic rings. The predicted molar refractivity (Wildman–Crippen MR) is 69.7 cm³/mol. The number of hydrogen-bond acceptors (Lipinski definition) is 2. The Morgan fingerprint density at radius 1 is 1.00 bits per heavy atom. The second-order valence-corrected chi connectivity index (χ2v) is 5.81. The minimum Gasteiger partial charge on any atom is -0.369 e. The number of nitrogens with zero attached hydrogens (tertiary/aromatic N) is 1. The van der Waals surface area contributed by atoms with E-state index in [0.717, 1.165) is 13.0 Å². The van der Waals surface area contributed by atoms with Crippen LogP contribution >= 0.6 is 0 Å². The molecule has 0 saturated carbocycles. The van der Waals surface area contributed by atoms with E-state index in [1.165, 1.54) is 32.1 Å². The zero-order valence-electron chi connectivity index (χ0n) is 10.1. The smallest absolute Gasteiger partial charge is 0.0829 e. The van der Waals surface area contributed by atoms with Crippen molar-refractivity contribution in [1.82, 2.24) is 5.32 Å². The predicted octanol–water partition coefficient (Wildman–Crippen LogP) is 2.03. The summed E-state index contributed by atoms with van der Waals surface area (Å²) in [6.07, 6.45) is 9.46. The molecule has 1 aromatic carbocycles. The van der Waals surface area contributed by atoms with E-state index in [4.69, 9.17) is 0 Å². The van der Waals surface area contributed by atoms with Gasteiger partial charge in [0.25, 0.3) is 0 Å². The fraction of sp³-hybridized carbons (Fsp3) is 0.533. The van der Waals surface area contributed by atoms with E-state index in [2.05, 4.69) is 22.4 Å². The van der Waals surface area contributed by atoms with E-state index in [1.807, 2.05) is 6.34 Å². The van der Waals surface area contributed by atoms with Gasteiger partial charge in [0.15, 0.2) is 0 Å². The molecule has 0 aromatic heterocycles. The summed E-state index contributed by atoms with van der Waals surface area (Å²) in [6, 6.07) is 4.97. The summed E-state index contributed by atoms with van der Waals surface area (Å²) in [5.41, 5.74) is 6.66. The molecule has 17 heavy (non-hydrogen) atoms. The van der Waals surface area contributed by atoms with E-state index in [-0.39, 0.29) is 5.54 Å². The largest absolute Gasteiger partial charge is 0.369 e. The molecule has 1 unspecified atom stereocenters. The zero-order valence-corrected chi connectivity index (χ0v) is 10.1. The van der Waals surface area contributed by atoms with E-state index < -0.39 is 0 Å². The van der Waals surface area contributed by atoms with Crippen LogP contribution < -0.4 is 5.32 Å². The number of aliphatic imine (C=N–C) groups is 1. The van der Waals surface area contributed by atoms with Gasteiger partial charge in [-0.25, -0.2) is 0 Å². The summed E-state index contributed by atoms with van der Waals surface area (Å²) in [5.74, 6) is 0. The molecular formula is C15H18N2. The monoisotopic (exact) mass is 226 g/mol. The number of rotatable bonds is 0. The van der Waals surface area contributed by atoms with Crippen LogP contribution in [0.3, 0.4) is 0 Å². The molecule has 1 N–H and O–H groups in total. The van der Waals surface area contributed by atoms with E-state index in [0.29, 0.717) is 0 Å². The quantitative estimate of drug-likeness (QED) is 0.719. The van der Waals surface area contributed by atoms with Crippen LogP contribution in [-0.2, 0) is 25.7 Å². The summed E-state index contributed by atoms with van der Waals surface area (Å²) in [5, 5.41) is 3.49. The van der Waals surface area contributed by atoms with Crippen LogP contribution in [0.15, 0.2) is 17.1 Å². The van der Waals surface area contributed by atoms with Gasteiger partial charge in [-0.1, -0.05) is 12.1 Å². The van der Waals surface area contributed by atoms with Crippen LogP contribution in [0.5, 0.6) is 0 Å².